The van der Waals surface area contributed by atoms with Gasteiger partial charge in [0.15, 0.2) is 0 Å². The molecule has 0 bridgehead atoms. The molecule has 0 spiro atoms. The monoisotopic (exact) mass is 299 g/mol. The highest BCUT2D eigenvalue weighted by Gasteiger charge is 2.05. The Labute approximate surface area is 133 Å². The molecule has 0 aromatic heterocycles. The highest BCUT2D eigenvalue weighted by molar-refractivity contribution is 5.39. The summed E-state index contributed by atoms with van der Waals surface area (Å²) in [6.45, 7) is 9.08. The normalized spacial score (nSPS) is 10.5. The van der Waals surface area contributed by atoms with Crippen molar-refractivity contribution in [2.45, 2.75) is 27.3 Å². The van der Waals surface area contributed by atoms with Crippen LogP contribution in [0, 0.1) is 13.8 Å². The summed E-state index contributed by atoms with van der Waals surface area (Å²) in [6, 6.07) is 14.3. The molecule has 3 nitrogen and oxygen atoms in total. The quantitative estimate of drug-likeness (QED) is 0.751. The van der Waals surface area contributed by atoms with E-state index in [1.165, 1.54) is 5.56 Å². The maximum atomic E-state index is 5.87. The summed E-state index contributed by atoms with van der Waals surface area (Å²) in [4.78, 5) is 0. The molecule has 22 heavy (non-hydrogen) atoms. The summed E-state index contributed by atoms with van der Waals surface area (Å²) in [5.41, 5.74) is 3.50. The number of para-hydroxylation sites is 2. The van der Waals surface area contributed by atoms with E-state index in [-0.39, 0.29) is 0 Å². The van der Waals surface area contributed by atoms with E-state index in [1.54, 1.807) is 0 Å². The molecule has 0 atom stereocenters. The topological polar surface area (TPSA) is 30.5 Å². The molecule has 0 heterocycles. The average Bonchev–Trinajstić information content (AvgIpc) is 2.52. The molecule has 1 N–H and O–H groups in total. The third kappa shape index (κ3) is 4.50. The Morgan fingerprint density at radius 1 is 0.864 bits per heavy atom. The van der Waals surface area contributed by atoms with Gasteiger partial charge < -0.3 is 14.8 Å². The Balaban J connectivity index is 1.86. The predicted molar refractivity (Wildman–Crippen MR) is 90.7 cm³/mol. The number of benzene rings is 2. The van der Waals surface area contributed by atoms with Gasteiger partial charge in [0, 0.05) is 12.1 Å². The van der Waals surface area contributed by atoms with E-state index in [9.17, 15) is 0 Å². The molecule has 0 saturated heterocycles. The second kappa shape index (κ2) is 8.44. The molecule has 2 aromatic rings. The van der Waals surface area contributed by atoms with Gasteiger partial charge in [-0.05, 0) is 37.6 Å². The van der Waals surface area contributed by atoms with Gasteiger partial charge in [0.05, 0.1) is 0 Å². The molecule has 3 heteroatoms. The Kier molecular flexibility index (Phi) is 6.28. The van der Waals surface area contributed by atoms with Gasteiger partial charge in [-0.25, -0.2) is 0 Å². The number of hydrogen-bond donors (Lipinski definition) is 1. The van der Waals surface area contributed by atoms with Crippen LogP contribution in [0.25, 0.3) is 0 Å². The SMILES string of the molecule is CCNCc1ccccc1OCCOc1c(C)cccc1C. The summed E-state index contributed by atoms with van der Waals surface area (Å²) in [5, 5.41) is 3.32. The van der Waals surface area contributed by atoms with Crippen molar-refractivity contribution >= 4 is 0 Å². The second-order valence-electron chi connectivity index (χ2n) is 5.31. The number of hydrogen-bond acceptors (Lipinski definition) is 3. The maximum absolute atomic E-state index is 5.87. The standard InChI is InChI=1S/C19H25NO2/c1-4-20-14-17-10-5-6-11-18(17)21-12-13-22-19-15(2)8-7-9-16(19)3/h5-11,20H,4,12-14H2,1-3H3. The van der Waals surface area contributed by atoms with Crippen LogP contribution < -0.4 is 14.8 Å². The van der Waals surface area contributed by atoms with Crippen LogP contribution in [0.1, 0.15) is 23.6 Å². The minimum absolute atomic E-state index is 0.539. The van der Waals surface area contributed by atoms with Crippen molar-refractivity contribution in [1.82, 2.24) is 5.32 Å². The zero-order valence-electron chi connectivity index (χ0n) is 13.7. The third-order valence-corrected chi connectivity index (χ3v) is 3.53. The van der Waals surface area contributed by atoms with E-state index in [0.29, 0.717) is 13.2 Å². The fourth-order valence-electron chi connectivity index (χ4n) is 2.37. The summed E-state index contributed by atoms with van der Waals surface area (Å²) in [7, 11) is 0. The Morgan fingerprint density at radius 3 is 2.27 bits per heavy atom. The minimum atomic E-state index is 0.539. The lowest BCUT2D eigenvalue weighted by Crippen LogP contribution is -2.15. The van der Waals surface area contributed by atoms with E-state index in [4.69, 9.17) is 9.47 Å². The largest absolute Gasteiger partial charge is 0.490 e. The van der Waals surface area contributed by atoms with Crippen LogP contribution in [0.5, 0.6) is 11.5 Å². The minimum Gasteiger partial charge on any atom is -0.490 e. The maximum Gasteiger partial charge on any atom is 0.125 e. The molecule has 118 valence electrons. The molecule has 2 rings (SSSR count). The molecule has 0 radical (unpaired) electrons. The lowest BCUT2D eigenvalue weighted by molar-refractivity contribution is 0.214. The highest BCUT2D eigenvalue weighted by Crippen LogP contribution is 2.22. The van der Waals surface area contributed by atoms with Crippen molar-refractivity contribution in [3.8, 4) is 11.5 Å². The average molecular weight is 299 g/mol. The zero-order valence-corrected chi connectivity index (χ0v) is 13.7. The molecule has 0 unspecified atom stereocenters. The van der Waals surface area contributed by atoms with E-state index < -0.39 is 0 Å². The molecule has 2 aromatic carbocycles. The van der Waals surface area contributed by atoms with Gasteiger partial charge in [0.2, 0.25) is 0 Å². The Bertz CT molecular complexity index is 575. The molecular weight excluding hydrogens is 274 g/mol. The second-order valence-corrected chi connectivity index (χ2v) is 5.31. The lowest BCUT2D eigenvalue weighted by Gasteiger charge is -2.14. The summed E-state index contributed by atoms with van der Waals surface area (Å²) in [6.07, 6.45) is 0. The van der Waals surface area contributed by atoms with Crippen LogP contribution >= 0.6 is 0 Å². The number of rotatable bonds is 8. The summed E-state index contributed by atoms with van der Waals surface area (Å²) < 4.78 is 11.7. The van der Waals surface area contributed by atoms with Gasteiger partial charge in [-0.2, -0.15) is 0 Å². The first-order chi connectivity index (χ1) is 10.7. The van der Waals surface area contributed by atoms with Gasteiger partial charge in [-0.3, -0.25) is 0 Å². The van der Waals surface area contributed by atoms with Crippen molar-refractivity contribution in [3.63, 3.8) is 0 Å². The molecule has 0 amide bonds. The smallest absolute Gasteiger partial charge is 0.125 e. The predicted octanol–water partition coefficient (Wildman–Crippen LogP) is 3.87. The van der Waals surface area contributed by atoms with Gasteiger partial charge in [0.25, 0.3) is 0 Å². The van der Waals surface area contributed by atoms with Crippen molar-refractivity contribution < 1.29 is 9.47 Å². The first-order valence-electron chi connectivity index (χ1n) is 7.82. The zero-order chi connectivity index (χ0) is 15.8. The van der Waals surface area contributed by atoms with Crippen LogP contribution in [-0.2, 0) is 6.54 Å². The van der Waals surface area contributed by atoms with Crippen LogP contribution in [0.15, 0.2) is 42.5 Å². The molecular formula is C19H25NO2. The molecule has 0 aliphatic rings. The van der Waals surface area contributed by atoms with E-state index >= 15 is 0 Å². The van der Waals surface area contributed by atoms with Crippen LogP contribution in [0.4, 0.5) is 0 Å². The number of ether oxygens (including phenoxy) is 2. The first kappa shape index (κ1) is 16.4. The van der Waals surface area contributed by atoms with E-state index in [0.717, 1.165) is 35.7 Å². The number of aryl methyl sites for hydroxylation is 2. The van der Waals surface area contributed by atoms with Crippen molar-refractivity contribution in [2.24, 2.45) is 0 Å². The van der Waals surface area contributed by atoms with Crippen LogP contribution in [-0.4, -0.2) is 19.8 Å². The Hall–Kier alpha value is -2.00. The molecule has 0 aliphatic carbocycles. The summed E-state index contributed by atoms with van der Waals surface area (Å²) in [5.74, 6) is 1.89. The van der Waals surface area contributed by atoms with Crippen molar-refractivity contribution in [1.29, 1.82) is 0 Å². The van der Waals surface area contributed by atoms with Gasteiger partial charge in [-0.15, -0.1) is 0 Å². The van der Waals surface area contributed by atoms with E-state index in [2.05, 4.69) is 44.3 Å². The van der Waals surface area contributed by atoms with Crippen molar-refractivity contribution in [2.75, 3.05) is 19.8 Å². The molecule has 0 aliphatic heterocycles. The fraction of sp³-hybridized carbons (Fsp3) is 0.368. The van der Waals surface area contributed by atoms with Crippen LogP contribution in [0.3, 0.4) is 0 Å². The highest BCUT2D eigenvalue weighted by atomic mass is 16.5. The fourth-order valence-corrected chi connectivity index (χ4v) is 2.37. The van der Waals surface area contributed by atoms with E-state index in [1.807, 2.05) is 24.3 Å². The Morgan fingerprint density at radius 2 is 1.55 bits per heavy atom. The first-order valence-corrected chi connectivity index (χ1v) is 7.82. The summed E-state index contributed by atoms with van der Waals surface area (Å²) >= 11 is 0. The lowest BCUT2D eigenvalue weighted by atomic mass is 10.1. The number of nitrogens with one attached hydrogen (secondary N) is 1. The van der Waals surface area contributed by atoms with Gasteiger partial charge >= 0.3 is 0 Å². The van der Waals surface area contributed by atoms with Crippen LogP contribution in [0.2, 0.25) is 0 Å². The third-order valence-electron chi connectivity index (χ3n) is 3.53. The van der Waals surface area contributed by atoms with Gasteiger partial charge in [-0.1, -0.05) is 43.3 Å². The molecule has 0 saturated carbocycles. The van der Waals surface area contributed by atoms with Gasteiger partial charge in [0.1, 0.15) is 24.7 Å². The van der Waals surface area contributed by atoms with Crippen molar-refractivity contribution in [3.05, 3.63) is 59.2 Å². The molecule has 0 fully saturated rings.